The molecular weight excluding hydrogens is 386 g/mol. The second-order valence-electron chi connectivity index (χ2n) is 6.88. The van der Waals surface area contributed by atoms with Crippen LogP contribution in [0.4, 0.5) is 0 Å². The fraction of sp³-hybridized carbons (Fsp3) is 0.273. The molecule has 2 aromatic heterocycles. The van der Waals surface area contributed by atoms with Crippen molar-refractivity contribution < 1.29 is 14.3 Å². The van der Waals surface area contributed by atoms with E-state index in [0.717, 1.165) is 32.6 Å². The van der Waals surface area contributed by atoms with Gasteiger partial charge in [0.2, 0.25) is 0 Å². The maximum atomic E-state index is 12.2. The normalized spacial score (nSPS) is 11.8. The first-order valence-electron chi connectivity index (χ1n) is 9.18. The van der Waals surface area contributed by atoms with Crippen molar-refractivity contribution in [3.05, 3.63) is 46.8 Å². The molecule has 2 N–H and O–H groups in total. The lowest BCUT2D eigenvalue weighted by Gasteiger charge is -2.08. The smallest absolute Gasteiger partial charge is 0.306 e. The van der Waals surface area contributed by atoms with Crippen LogP contribution in [-0.2, 0) is 20.7 Å². The maximum absolute atomic E-state index is 12.2. The van der Waals surface area contributed by atoms with Gasteiger partial charge >= 0.3 is 5.97 Å². The first-order chi connectivity index (χ1) is 13.9. The van der Waals surface area contributed by atoms with Gasteiger partial charge in [0, 0.05) is 23.0 Å². The molecule has 1 aromatic carbocycles. The van der Waals surface area contributed by atoms with E-state index in [2.05, 4.69) is 11.1 Å². The molecule has 29 heavy (non-hydrogen) atoms. The van der Waals surface area contributed by atoms with Crippen LogP contribution in [0.2, 0.25) is 0 Å². The van der Waals surface area contributed by atoms with Crippen LogP contribution < -0.4 is 0 Å². The summed E-state index contributed by atoms with van der Waals surface area (Å²) in [5.74, 6) is -2.24. The third-order valence-corrected chi connectivity index (χ3v) is 5.56. The van der Waals surface area contributed by atoms with E-state index in [0.29, 0.717) is 6.42 Å². The SMILES string of the molecule is CC(=N)[C@@H](C#N)C(=O)COC(=O)CCc1c(-c2cccs2)[nH]c2ccc(C)cc12. The van der Waals surface area contributed by atoms with Crippen LogP contribution in [0, 0.1) is 29.6 Å². The summed E-state index contributed by atoms with van der Waals surface area (Å²) in [4.78, 5) is 28.7. The summed E-state index contributed by atoms with van der Waals surface area (Å²) < 4.78 is 5.06. The molecule has 0 bridgehead atoms. The molecule has 7 heteroatoms. The largest absolute Gasteiger partial charge is 0.458 e. The quantitative estimate of drug-likeness (QED) is 0.425. The number of nitrogens with one attached hydrogen (secondary N) is 2. The van der Waals surface area contributed by atoms with E-state index < -0.39 is 24.3 Å². The Morgan fingerprint density at radius 2 is 2.14 bits per heavy atom. The zero-order chi connectivity index (χ0) is 21.0. The number of H-pyrrole nitrogens is 1. The van der Waals surface area contributed by atoms with Crippen LogP contribution in [0.5, 0.6) is 0 Å². The Morgan fingerprint density at radius 3 is 2.79 bits per heavy atom. The summed E-state index contributed by atoms with van der Waals surface area (Å²) >= 11 is 1.62. The highest BCUT2D eigenvalue weighted by Crippen LogP contribution is 2.34. The molecule has 0 unspecified atom stereocenters. The second kappa shape index (κ2) is 8.84. The molecule has 148 valence electrons. The van der Waals surface area contributed by atoms with E-state index in [1.165, 1.54) is 6.92 Å². The topological polar surface area (TPSA) is 107 Å². The van der Waals surface area contributed by atoms with Crippen molar-refractivity contribution in [3.63, 3.8) is 0 Å². The number of nitrogens with zero attached hydrogens (tertiary/aromatic N) is 1. The van der Waals surface area contributed by atoms with Crippen molar-refractivity contribution in [2.45, 2.75) is 26.7 Å². The van der Waals surface area contributed by atoms with Crippen LogP contribution in [-0.4, -0.2) is 29.1 Å². The predicted molar refractivity (Wildman–Crippen MR) is 113 cm³/mol. The number of hydrogen-bond donors (Lipinski definition) is 2. The lowest BCUT2D eigenvalue weighted by atomic mass is 10.0. The molecule has 0 saturated carbocycles. The van der Waals surface area contributed by atoms with Gasteiger partial charge in [0.05, 0.1) is 16.6 Å². The van der Waals surface area contributed by atoms with Gasteiger partial charge in [-0.3, -0.25) is 9.59 Å². The number of benzene rings is 1. The number of aromatic nitrogens is 1. The third kappa shape index (κ3) is 4.61. The molecule has 6 nitrogen and oxygen atoms in total. The van der Waals surface area contributed by atoms with Crippen LogP contribution in [0.25, 0.3) is 21.5 Å². The first kappa shape index (κ1) is 20.5. The molecule has 3 aromatic rings. The standard InChI is InChI=1S/C22H21N3O3S/c1-13-5-7-18-16(10-13)15(22(25-18)20-4-3-9-29-20)6-8-21(27)28-12-19(26)17(11-23)14(2)24/h3-5,7,9-10,17,24-25H,6,8,12H2,1-2H3/t17-/m1/s1. The van der Waals surface area contributed by atoms with E-state index in [-0.39, 0.29) is 12.1 Å². The second-order valence-corrected chi connectivity index (χ2v) is 7.82. The monoisotopic (exact) mass is 407 g/mol. The van der Waals surface area contributed by atoms with Crippen LogP contribution >= 0.6 is 11.3 Å². The number of aromatic amines is 1. The van der Waals surface area contributed by atoms with Gasteiger partial charge in [0.25, 0.3) is 0 Å². The minimum atomic E-state index is -1.16. The molecular formula is C22H21N3O3S. The Labute approximate surface area is 172 Å². The first-order valence-corrected chi connectivity index (χ1v) is 10.1. The van der Waals surface area contributed by atoms with Crippen LogP contribution in [0.1, 0.15) is 24.5 Å². The minimum Gasteiger partial charge on any atom is -0.458 e. The average molecular weight is 407 g/mol. The molecule has 0 aliphatic heterocycles. The van der Waals surface area contributed by atoms with Crippen molar-refractivity contribution >= 4 is 39.7 Å². The molecule has 0 aliphatic rings. The van der Waals surface area contributed by atoms with Crippen molar-refractivity contribution in [1.29, 1.82) is 10.7 Å². The fourth-order valence-electron chi connectivity index (χ4n) is 3.20. The fourth-order valence-corrected chi connectivity index (χ4v) is 3.95. The molecule has 0 spiro atoms. The lowest BCUT2D eigenvalue weighted by molar-refractivity contribution is -0.148. The maximum Gasteiger partial charge on any atom is 0.306 e. The molecule has 0 saturated heterocycles. The number of aryl methyl sites for hydroxylation is 2. The van der Waals surface area contributed by atoms with E-state index >= 15 is 0 Å². The highest BCUT2D eigenvalue weighted by molar-refractivity contribution is 7.13. The number of Topliss-reactive ketones (excluding diaryl/α,β-unsaturated/α-hetero) is 1. The number of rotatable bonds is 8. The number of ether oxygens (including phenoxy) is 1. The summed E-state index contributed by atoms with van der Waals surface area (Å²) in [5, 5.41) is 19.5. The highest BCUT2D eigenvalue weighted by Gasteiger charge is 2.22. The molecule has 0 amide bonds. The molecule has 3 rings (SSSR count). The third-order valence-electron chi connectivity index (χ3n) is 4.67. The zero-order valence-electron chi connectivity index (χ0n) is 16.2. The Balaban J connectivity index is 1.73. The number of nitriles is 1. The van der Waals surface area contributed by atoms with Crippen molar-refractivity contribution in [2.24, 2.45) is 5.92 Å². The van der Waals surface area contributed by atoms with Crippen molar-refractivity contribution in [2.75, 3.05) is 6.61 Å². The number of hydrogen-bond acceptors (Lipinski definition) is 6. The van der Waals surface area contributed by atoms with Gasteiger partial charge in [-0.15, -0.1) is 11.3 Å². The predicted octanol–water partition coefficient (Wildman–Crippen LogP) is 4.43. The number of ketones is 1. The van der Waals surface area contributed by atoms with Gasteiger partial charge in [-0.1, -0.05) is 17.7 Å². The number of esters is 1. The van der Waals surface area contributed by atoms with E-state index in [9.17, 15) is 9.59 Å². The number of thiophene rings is 1. The van der Waals surface area contributed by atoms with E-state index in [1.54, 1.807) is 17.4 Å². The summed E-state index contributed by atoms with van der Waals surface area (Å²) in [7, 11) is 0. The van der Waals surface area contributed by atoms with E-state index in [1.807, 2.05) is 36.6 Å². The van der Waals surface area contributed by atoms with Gasteiger partial charge in [-0.2, -0.15) is 5.26 Å². The van der Waals surface area contributed by atoms with Crippen molar-refractivity contribution in [3.8, 4) is 16.6 Å². The minimum absolute atomic E-state index is 0.0525. The van der Waals surface area contributed by atoms with E-state index in [4.69, 9.17) is 15.4 Å². The molecule has 0 radical (unpaired) electrons. The van der Waals surface area contributed by atoms with Crippen LogP contribution in [0.3, 0.4) is 0 Å². The Bertz CT molecular complexity index is 1110. The Kier molecular flexibility index (Phi) is 6.25. The number of carbonyl (C=O) groups is 2. The zero-order valence-corrected chi connectivity index (χ0v) is 17.1. The van der Waals surface area contributed by atoms with Gasteiger partial charge in [-0.25, -0.2) is 0 Å². The van der Waals surface area contributed by atoms with Gasteiger partial charge in [-0.05, 0) is 49.4 Å². The molecule has 1 atom stereocenters. The van der Waals surface area contributed by atoms with Gasteiger partial charge < -0.3 is 15.1 Å². The number of fused-ring (bicyclic) bond motifs is 1. The van der Waals surface area contributed by atoms with Gasteiger partial charge in [0.1, 0.15) is 5.92 Å². The summed E-state index contributed by atoms with van der Waals surface area (Å²) in [6.45, 7) is 2.93. The van der Waals surface area contributed by atoms with Gasteiger partial charge in [0.15, 0.2) is 12.4 Å². The average Bonchev–Trinajstić information content (AvgIpc) is 3.32. The lowest BCUT2D eigenvalue weighted by Crippen LogP contribution is -2.25. The highest BCUT2D eigenvalue weighted by atomic mass is 32.1. The Hall–Kier alpha value is -3.24. The molecule has 0 fully saturated rings. The Morgan fingerprint density at radius 1 is 1.34 bits per heavy atom. The van der Waals surface area contributed by atoms with Crippen LogP contribution in [0.15, 0.2) is 35.7 Å². The summed E-state index contributed by atoms with van der Waals surface area (Å²) in [6.07, 6.45) is 0.586. The summed E-state index contributed by atoms with van der Waals surface area (Å²) in [5.41, 5.74) is 4.13. The summed E-state index contributed by atoms with van der Waals surface area (Å²) in [6, 6.07) is 11.9. The molecule has 2 heterocycles. The number of carbonyl (C=O) groups excluding carboxylic acids is 2. The van der Waals surface area contributed by atoms with Crippen molar-refractivity contribution in [1.82, 2.24) is 4.98 Å². The molecule has 0 aliphatic carbocycles.